The van der Waals surface area contributed by atoms with Crippen LogP contribution in [-0.2, 0) is 4.74 Å². The fourth-order valence-corrected chi connectivity index (χ4v) is 3.47. The first kappa shape index (κ1) is 17.5. The van der Waals surface area contributed by atoms with E-state index < -0.39 is 14.3 Å². The third-order valence-electron chi connectivity index (χ3n) is 3.58. The maximum absolute atomic E-state index is 11.5. The summed E-state index contributed by atoms with van der Waals surface area (Å²) in [5.74, 6) is 0.164. The number of hydrogen-bond donors (Lipinski definition) is 0. The lowest BCUT2D eigenvalue weighted by molar-refractivity contribution is 0.0600. The highest BCUT2D eigenvalue weighted by atomic mass is 79.9. The standard InChI is InChI=1S/C14H20BrClO3Si/c1-14(2,3)20(5,6)19-12-10(15)7-9(8-11(12)16)13(17)18-4/h7-8H,1-6H3. The number of halogens is 2. The number of carbonyl (C=O) groups is 1. The van der Waals surface area contributed by atoms with E-state index in [4.69, 9.17) is 20.8 Å². The average molecular weight is 380 g/mol. The molecule has 0 aromatic heterocycles. The minimum absolute atomic E-state index is 0.0663. The second-order valence-corrected chi connectivity index (χ2v) is 12.1. The van der Waals surface area contributed by atoms with Crippen LogP contribution in [0.25, 0.3) is 0 Å². The van der Waals surface area contributed by atoms with Crippen molar-refractivity contribution < 1.29 is 14.0 Å². The van der Waals surface area contributed by atoms with Crippen molar-refractivity contribution in [2.45, 2.75) is 38.9 Å². The van der Waals surface area contributed by atoms with E-state index in [1.165, 1.54) is 7.11 Å². The Labute approximate surface area is 134 Å². The molecule has 0 N–H and O–H groups in total. The summed E-state index contributed by atoms with van der Waals surface area (Å²) < 4.78 is 11.6. The Hall–Kier alpha value is -0.523. The van der Waals surface area contributed by atoms with Crippen LogP contribution in [0.1, 0.15) is 31.1 Å². The maximum atomic E-state index is 11.5. The summed E-state index contributed by atoms with van der Waals surface area (Å²) in [4.78, 5) is 11.5. The zero-order chi connectivity index (χ0) is 15.7. The van der Waals surface area contributed by atoms with Crippen LogP contribution < -0.4 is 4.43 Å². The number of benzene rings is 1. The van der Waals surface area contributed by atoms with Crippen molar-refractivity contribution in [3.05, 3.63) is 27.2 Å². The molecule has 0 unspecified atom stereocenters. The predicted octanol–water partition coefficient (Wildman–Crippen LogP) is 5.27. The molecule has 0 aliphatic heterocycles. The minimum atomic E-state index is -1.99. The van der Waals surface area contributed by atoms with Crippen LogP contribution in [0.2, 0.25) is 23.2 Å². The normalized spacial score (nSPS) is 12.2. The van der Waals surface area contributed by atoms with Crippen molar-refractivity contribution >= 4 is 41.8 Å². The van der Waals surface area contributed by atoms with Gasteiger partial charge in [0.05, 0.1) is 22.2 Å². The van der Waals surface area contributed by atoms with Gasteiger partial charge in [0.25, 0.3) is 8.32 Å². The number of hydrogen-bond acceptors (Lipinski definition) is 3. The van der Waals surface area contributed by atoms with E-state index >= 15 is 0 Å². The van der Waals surface area contributed by atoms with Gasteiger partial charge in [-0.1, -0.05) is 32.4 Å². The number of esters is 1. The zero-order valence-electron chi connectivity index (χ0n) is 12.6. The molecule has 112 valence electrons. The molecular formula is C14H20BrClO3Si. The maximum Gasteiger partial charge on any atom is 0.337 e. The summed E-state index contributed by atoms with van der Waals surface area (Å²) in [7, 11) is -0.655. The molecule has 0 aliphatic rings. The molecule has 0 heterocycles. The third-order valence-corrected chi connectivity index (χ3v) is 8.78. The highest BCUT2D eigenvalue weighted by Crippen LogP contribution is 2.42. The molecular weight excluding hydrogens is 360 g/mol. The molecule has 0 bridgehead atoms. The number of carbonyl (C=O) groups excluding carboxylic acids is 1. The molecule has 0 atom stereocenters. The fraction of sp³-hybridized carbons (Fsp3) is 0.500. The Kier molecular flexibility index (Phi) is 5.33. The first-order valence-corrected chi connectivity index (χ1v) is 10.3. The quantitative estimate of drug-likeness (QED) is 0.530. The summed E-state index contributed by atoms with van der Waals surface area (Å²) >= 11 is 9.67. The van der Waals surface area contributed by atoms with Crippen molar-refractivity contribution in [1.82, 2.24) is 0 Å². The van der Waals surface area contributed by atoms with E-state index in [9.17, 15) is 4.79 Å². The van der Waals surface area contributed by atoms with Gasteiger partial charge in [-0.05, 0) is 46.2 Å². The number of methoxy groups -OCH3 is 1. The van der Waals surface area contributed by atoms with Gasteiger partial charge in [0.2, 0.25) is 0 Å². The summed E-state index contributed by atoms with van der Waals surface area (Å²) in [5, 5.41) is 0.473. The molecule has 0 spiro atoms. The monoisotopic (exact) mass is 378 g/mol. The van der Waals surface area contributed by atoms with Gasteiger partial charge in [-0.2, -0.15) is 0 Å². The molecule has 20 heavy (non-hydrogen) atoms. The van der Waals surface area contributed by atoms with Crippen LogP contribution in [0.15, 0.2) is 16.6 Å². The summed E-state index contributed by atoms with van der Waals surface area (Å²) in [6.07, 6.45) is 0. The topological polar surface area (TPSA) is 35.5 Å². The molecule has 0 saturated carbocycles. The Balaban J connectivity index is 3.19. The van der Waals surface area contributed by atoms with E-state index in [2.05, 4.69) is 49.8 Å². The highest BCUT2D eigenvalue weighted by Gasteiger charge is 2.39. The van der Waals surface area contributed by atoms with Gasteiger partial charge < -0.3 is 9.16 Å². The second-order valence-electron chi connectivity index (χ2n) is 6.12. The van der Waals surface area contributed by atoms with E-state index in [0.29, 0.717) is 20.8 Å². The second kappa shape index (κ2) is 6.08. The van der Waals surface area contributed by atoms with E-state index in [1.54, 1.807) is 12.1 Å². The first-order valence-electron chi connectivity index (χ1n) is 6.26. The fourth-order valence-electron chi connectivity index (χ4n) is 1.30. The molecule has 0 aliphatic carbocycles. The Morgan fingerprint density at radius 3 is 2.25 bits per heavy atom. The molecule has 1 rings (SSSR count). The van der Waals surface area contributed by atoms with Crippen molar-refractivity contribution in [3.63, 3.8) is 0 Å². The summed E-state index contributed by atoms with van der Waals surface area (Å²) in [6.45, 7) is 10.8. The zero-order valence-corrected chi connectivity index (χ0v) is 16.0. The van der Waals surface area contributed by atoms with E-state index in [-0.39, 0.29) is 5.04 Å². The molecule has 0 fully saturated rings. The largest absolute Gasteiger partial charge is 0.542 e. The van der Waals surface area contributed by atoms with Gasteiger partial charge in [0.1, 0.15) is 5.75 Å². The summed E-state index contributed by atoms with van der Waals surface area (Å²) in [6, 6.07) is 3.24. The van der Waals surface area contributed by atoms with Crippen LogP contribution >= 0.6 is 27.5 Å². The van der Waals surface area contributed by atoms with Crippen molar-refractivity contribution in [3.8, 4) is 5.75 Å². The summed E-state index contributed by atoms with van der Waals surface area (Å²) in [5.41, 5.74) is 0.395. The van der Waals surface area contributed by atoms with Crippen LogP contribution in [0.4, 0.5) is 0 Å². The van der Waals surface area contributed by atoms with Gasteiger partial charge in [0.15, 0.2) is 0 Å². The smallest absolute Gasteiger partial charge is 0.337 e. The predicted molar refractivity (Wildman–Crippen MR) is 88.3 cm³/mol. The lowest BCUT2D eigenvalue weighted by Crippen LogP contribution is -2.44. The van der Waals surface area contributed by atoms with Crippen LogP contribution in [0, 0.1) is 0 Å². The Bertz CT molecular complexity index is 501. The van der Waals surface area contributed by atoms with Gasteiger partial charge in [-0.3, -0.25) is 0 Å². The van der Waals surface area contributed by atoms with E-state index in [1.807, 2.05) is 0 Å². The molecule has 6 heteroatoms. The molecule has 0 amide bonds. The van der Waals surface area contributed by atoms with Gasteiger partial charge in [-0.15, -0.1) is 0 Å². The first-order chi connectivity index (χ1) is 8.99. The average Bonchev–Trinajstić information content (AvgIpc) is 2.31. The Morgan fingerprint density at radius 1 is 1.30 bits per heavy atom. The highest BCUT2D eigenvalue weighted by molar-refractivity contribution is 9.10. The molecule has 0 radical (unpaired) electrons. The molecule has 1 aromatic rings. The number of rotatable bonds is 3. The third kappa shape index (κ3) is 3.77. The van der Waals surface area contributed by atoms with E-state index in [0.717, 1.165) is 0 Å². The molecule has 0 saturated heterocycles. The van der Waals surface area contributed by atoms with Crippen LogP contribution in [0.5, 0.6) is 5.75 Å². The van der Waals surface area contributed by atoms with Gasteiger partial charge in [0, 0.05) is 0 Å². The SMILES string of the molecule is COC(=O)c1cc(Cl)c(O[Si](C)(C)C(C)(C)C)c(Br)c1. The Morgan fingerprint density at radius 2 is 1.85 bits per heavy atom. The van der Waals surface area contributed by atoms with Gasteiger partial charge >= 0.3 is 5.97 Å². The lowest BCUT2D eigenvalue weighted by atomic mass is 10.2. The van der Waals surface area contributed by atoms with Crippen LogP contribution in [-0.4, -0.2) is 21.4 Å². The van der Waals surface area contributed by atoms with Crippen LogP contribution in [0.3, 0.4) is 0 Å². The van der Waals surface area contributed by atoms with Crippen molar-refractivity contribution in [1.29, 1.82) is 0 Å². The molecule has 3 nitrogen and oxygen atoms in total. The van der Waals surface area contributed by atoms with Crippen molar-refractivity contribution in [2.24, 2.45) is 0 Å². The molecule has 1 aromatic carbocycles. The minimum Gasteiger partial charge on any atom is -0.542 e. The van der Waals surface area contributed by atoms with Crippen molar-refractivity contribution in [2.75, 3.05) is 7.11 Å². The van der Waals surface area contributed by atoms with Gasteiger partial charge in [-0.25, -0.2) is 4.79 Å². The number of ether oxygens (including phenoxy) is 1. The lowest BCUT2D eigenvalue weighted by Gasteiger charge is -2.37.